The van der Waals surface area contributed by atoms with Gasteiger partial charge in [-0.2, -0.15) is 13.9 Å². The standard InChI is InChI=1S/C20H17N7O5S3/c1-32-24-11(14-23-20(21)35-25-14)15(28)22-12-16(29)27-13(19(30)31)10(8-34-18(12)27)7-26-5-2-3-9-4-6-33-17(9)26/h2-6,12,18H,7-8H2,1H3,(H3-,21,22,23,25,28,30,31)/p+1/b24-11-/t12?,18-/m1/s1. The van der Waals surface area contributed by atoms with E-state index in [0.29, 0.717) is 17.9 Å². The molecular formula is C20H18N7O5S3+. The predicted octanol–water partition coefficient (Wildman–Crippen LogP) is 0.412. The molecule has 0 spiro atoms. The highest BCUT2D eigenvalue weighted by atomic mass is 32.2. The SMILES string of the molecule is CO/N=C(\C(=O)NC1C(=O)N2C(C(=O)O)=C(C[n+]3cccc4ccsc43)CS[C@H]12)c1nsc(N)n1. The van der Waals surface area contributed by atoms with Crippen molar-refractivity contribution in [2.24, 2.45) is 5.16 Å². The summed E-state index contributed by atoms with van der Waals surface area (Å²) in [6.45, 7) is 0.335. The number of thioether (sulfide) groups is 1. The summed E-state index contributed by atoms with van der Waals surface area (Å²) in [6, 6.07) is 4.95. The lowest BCUT2D eigenvalue weighted by molar-refractivity contribution is -0.661. The Morgan fingerprint density at radius 1 is 1.43 bits per heavy atom. The molecule has 0 aromatic carbocycles. The first kappa shape index (κ1) is 23.2. The van der Waals surface area contributed by atoms with Gasteiger partial charge in [0, 0.05) is 28.9 Å². The number of rotatable bonds is 7. The first-order valence-corrected chi connectivity index (χ1v) is 12.9. The Kier molecular flexibility index (Phi) is 6.12. The van der Waals surface area contributed by atoms with Crippen molar-refractivity contribution in [2.75, 3.05) is 18.6 Å². The van der Waals surface area contributed by atoms with E-state index in [1.807, 2.05) is 34.3 Å². The van der Waals surface area contributed by atoms with Gasteiger partial charge in [-0.15, -0.1) is 11.8 Å². The Bertz CT molecular complexity index is 1410. The third kappa shape index (κ3) is 4.11. The quantitative estimate of drug-likeness (QED) is 0.169. The molecule has 2 atom stereocenters. The molecule has 15 heteroatoms. The second kappa shape index (κ2) is 9.24. The lowest BCUT2D eigenvalue weighted by Crippen LogP contribution is -2.71. The van der Waals surface area contributed by atoms with Crippen LogP contribution in [0.2, 0.25) is 0 Å². The zero-order valence-electron chi connectivity index (χ0n) is 18.1. The summed E-state index contributed by atoms with van der Waals surface area (Å²) in [5.41, 5.74) is 5.92. The Labute approximate surface area is 210 Å². The van der Waals surface area contributed by atoms with Crippen LogP contribution in [-0.4, -0.2) is 67.1 Å². The van der Waals surface area contributed by atoms with Crippen LogP contribution in [0.3, 0.4) is 0 Å². The van der Waals surface area contributed by atoms with Crippen LogP contribution in [0.15, 0.2) is 46.2 Å². The van der Waals surface area contributed by atoms with Crippen LogP contribution < -0.4 is 15.6 Å². The molecule has 2 aliphatic heterocycles. The number of aromatic nitrogens is 3. The fraction of sp³-hybridized carbons (Fsp3) is 0.250. The van der Waals surface area contributed by atoms with Crippen molar-refractivity contribution in [3.8, 4) is 0 Å². The minimum absolute atomic E-state index is 0.0278. The van der Waals surface area contributed by atoms with Gasteiger partial charge < -0.3 is 21.0 Å². The Hall–Kier alpha value is -3.56. The van der Waals surface area contributed by atoms with Crippen LogP contribution >= 0.6 is 34.6 Å². The molecular weight excluding hydrogens is 514 g/mol. The van der Waals surface area contributed by atoms with E-state index in [1.54, 1.807) is 11.3 Å². The fourth-order valence-corrected chi connectivity index (χ4v) is 6.59. The number of carboxylic acids is 1. The average molecular weight is 533 g/mol. The molecule has 0 aliphatic carbocycles. The number of thiophene rings is 1. The molecule has 0 saturated carbocycles. The molecule has 0 radical (unpaired) electrons. The number of aliphatic carboxylic acids is 1. The first-order valence-electron chi connectivity index (χ1n) is 10.2. The number of hydrogen-bond acceptors (Lipinski definition) is 11. The molecule has 0 bridgehead atoms. The van der Waals surface area contributed by atoms with E-state index in [2.05, 4.69) is 19.8 Å². The van der Waals surface area contributed by atoms with Gasteiger partial charge in [0.2, 0.25) is 11.5 Å². The number of carboxylic acid groups (broad SMARTS) is 1. The van der Waals surface area contributed by atoms with Gasteiger partial charge in [0.15, 0.2) is 17.9 Å². The lowest BCUT2D eigenvalue weighted by Gasteiger charge is -2.49. The number of anilines is 1. The van der Waals surface area contributed by atoms with Crippen molar-refractivity contribution in [1.29, 1.82) is 0 Å². The molecule has 3 aromatic heterocycles. The molecule has 2 amide bonds. The second-order valence-electron chi connectivity index (χ2n) is 7.51. The normalized spacial score (nSPS) is 20.0. The first-order chi connectivity index (χ1) is 16.9. The summed E-state index contributed by atoms with van der Waals surface area (Å²) in [4.78, 5) is 48.9. The summed E-state index contributed by atoms with van der Waals surface area (Å²) < 4.78 is 5.93. The maximum absolute atomic E-state index is 13.0. The fourth-order valence-electron chi connectivity index (χ4n) is 3.94. The van der Waals surface area contributed by atoms with Gasteiger partial charge >= 0.3 is 5.97 Å². The topological polar surface area (TPSA) is 164 Å². The van der Waals surface area contributed by atoms with Gasteiger partial charge in [-0.25, -0.2) is 4.79 Å². The minimum Gasteiger partial charge on any atom is -0.477 e. The molecule has 5 heterocycles. The number of nitrogen functional groups attached to an aromatic ring is 1. The van der Waals surface area contributed by atoms with E-state index in [9.17, 15) is 19.5 Å². The summed E-state index contributed by atoms with van der Waals surface area (Å²) >= 11 is 3.83. The third-order valence-corrected chi connectivity index (χ3v) is 8.27. The molecule has 3 aromatic rings. The van der Waals surface area contributed by atoms with Crippen molar-refractivity contribution < 1.29 is 28.9 Å². The predicted molar refractivity (Wildman–Crippen MR) is 130 cm³/mol. The zero-order valence-corrected chi connectivity index (χ0v) is 20.5. The maximum Gasteiger partial charge on any atom is 0.352 e. The molecule has 1 unspecified atom stereocenters. The summed E-state index contributed by atoms with van der Waals surface area (Å²) in [5, 5.41) is 18.8. The molecule has 1 fully saturated rings. The molecule has 180 valence electrons. The summed E-state index contributed by atoms with van der Waals surface area (Å²) in [7, 11) is 1.26. The lowest BCUT2D eigenvalue weighted by atomic mass is 10.0. The number of amides is 2. The Balaban J connectivity index is 1.38. The molecule has 5 rings (SSSR count). The number of nitrogens with zero attached hydrogens (tertiary/aromatic N) is 5. The van der Waals surface area contributed by atoms with Crippen LogP contribution in [0, 0.1) is 0 Å². The Morgan fingerprint density at radius 2 is 2.26 bits per heavy atom. The highest BCUT2D eigenvalue weighted by molar-refractivity contribution is 8.00. The van der Waals surface area contributed by atoms with Crippen molar-refractivity contribution in [1.82, 2.24) is 19.6 Å². The van der Waals surface area contributed by atoms with Crippen LogP contribution in [0.5, 0.6) is 0 Å². The van der Waals surface area contributed by atoms with E-state index >= 15 is 0 Å². The number of carbonyl (C=O) groups is 3. The summed E-state index contributed by atoms with van der Waals surface area (Å²) in [5.74, 6) is -2.08. The molecule has 12 nitrogen and oxygen atoms in total. The smallest absolute Gasteiger partial charge is 0.352 e. The highest BCUT2D eigenvalue weighted by Crippen LogP contribution is 2.40. The molecule has 4 N–H and O–H groups in total. The average Bonchev–Trinajstić information content (AvgIpc) is 3.49. The molecule has 35 heavy (non-hydrogen) atoms. The van der Waals surface area contributed by atoms with Gasteiger partial charge in [-0.3, -0.25) is 14.5 Å². The minimum atomic E-state index is -1.19. The molecule has 2 aliphatic rings. The zero-order chi connectivity index (χ0) is 24.7. The Morgan fingerprint density at radius 3 is 2.97 bits per heavy atom. The number of hydrogen-bond donors (Lipinski definition) is 3. The molecule has 1 saturated heterocycles. The number of nitrogens with one attached hydrogen (secondary N) is 1. The maximum atomic E-state index is 13.0. The monoisotopic (exact) mass is 532 g/mol. The van der Waals surface area contributed by atoms with E-state index in [0.717, 1.165) is 21.7 Å². The summed E-state index contributed by atoms with van der Waals surface area (Å²) in [6.07, 6.45) is 1.89. The van der Waals surface area contributed by atoms with Crippen LogP contribution in [0.1, 0.15) is 5.82 Å². The third-order valence-electron chi connectivity index (χ3n) is 5.43. The van der Waals surface area contributed by atoms with Crippen molar-refractivity contribution in [2.45, 2.75) is 18.0 Å². The largest absolute Gasteiger partial charge is 0.477 e. The van der Waals surface area contributed by atoms with Crippen molar-refractivity contribution >= 4 is 73.5 Å². The van der Waals surface area contributed by atoms with Gasteiger partial charge in [0.1, 0.15) is 24.2 Å². The van der Waals surface area contributed by atoms with E-state index in [4.69, 9.17) is 10.6 Å². The number of fused-ring (bicyclic) bond motifs is 2. The van der Waals surface area contributed by atoms with E-state index in [1.165, 1.54) is 23.8 Å². The number of nitrogens with two attached hydrogens (primary N) is 1. The highest BCUT2D eigenvalue weighted by Gasteiger charge is 2.55. The van der Waals surface area contributed by atoms with E-state index in [-0.39, 0.29) is 22.4 Å². The van der Waals surface area contributed by atoms with Crippen molar-refractivity contribution in [3.63, 3.8) is 0 Å². The van der Waals surface area contributed by atoms with Gasteiger partial charge in [0.05, 0.1) is 5.39 Å². The number of β-lactam (4-membered cyclic amide) rings is 1. The number of pyridine rings is 1. The van der Waals surface area contributed by atoms with Crippen molar-refractivity contribution in [3.05, 3.63) is 46.9 Å². The number of oxime groups is 1. The van der Waals surface area contributed by atoms with Crippen LogP contribution in [0.25, 0.3) is 10.2 Å². The number of carbonyl (C=O) groups excluding carboxylic acids is 2. The van der Waals surface area contributed by atoms with E-state index < -0.39 is 29.2 Å². The van der Waals surface area contributed by atoms with Crippen LogP contribution in [0.4, 0.5) is 5.13 Å². The van der Waals surface area contributed by atoms with Gasteiger partial charge in [-0.1, -0.05) is 16.5 Å². The second-order valence-corrected chi connectivity index (χ2v) is 10.3. The van der Waals surface area contributed by atoms with Gasteiger partial charge in [-0.05, 0) is 17.5 Å². The van der Waals surface area contributed by atoms with Crippen LogP contribution in [-0.2, 0) is 25.8 Å². The van der Waals surface area contributed by atoms with Gasteiger partial charge in [0.25, 0.3) is 16.6 Å².